The molecule has 1 aliphatic rings. The van der Waals surface area contributed by atoms with Crippen molar-refractivity contribution in [1.82, 2.24) is 4.90 Å². The number of methoxy groups -OCH3 is 1. The molecule has 2 aromatic rings. The third-order valence-corrected chi connectivity index (χ3v) is 6.50. The summed E-state index contributed by atoms with van der Waals surface area (Å²) in [5.74, 6) is 0.256. The Morgan fingerprint density at radius 3 is 2.40 bits per heavy atom. The average Bonchev–Trinajstić information content (AvgIpc) is 2.76. The van der Waals surface area contributed by atoms with Crippen molar-refractivity contribution in [3.63, 3.8) is 0 Å². The number of hydrogen-bond acceptors (Lipinski definition) is 6. The van der Waals surface area contributed by atoms with Gasteiger partial charge in [0.05, 0.1) is 7.11 Å². The average molecular weight is 434 g/mol. The van der Waals surface area contributed by atoms with Crippen LogP contribution in [0, 0.1) is 0 Å². The van der Waals surface area contributed by atoms with Crippen molar-refractivity contribution < 1.29 is 18.3 Å². The van der Waals surface area contributed by atoms with Gasteiger partial charge in [0.15, 0.2) is 0 Å². The van der Waals surface area contributed by atoms with E-state index in [0.717, 1.165) is 51.0 Å². The van der Waals surface area contributed by atoms with Crippen LogP contribution in [0.1, 0.15) is 24.8 Å². The van der Waals surface area contributed by atoms with Gasteiger partial charge in [-0.25, -0.2) is 13.6 Å². The second-order valence-electron chi connectivity index (χ2n) is 7.62. The molecule has 0 bridgehead atoms. The third kappa shape index (κ3) is 5.95. The Morgan fingerprint density at radius 2 is 1.77 bits per heavy atom. The zero-order valence-corrected chi connectivity index (χ0v) is 18.2. The van der Waals surface area contributed by atoms with Gasteiger partial charge in [-0.15, -0.1) is 0 Å². The molecule has 3 N–H and O–H groups in total. The summed E-state index contributed by atoms with van der Waals surface area (Å²) in [6.07, 6.45) is 2.69. The lowest BCUT2D eigenvalue weighted by molar-refractivity contribution is -0.00702. The standard InChI is InChI=1S/C22H31N3O4S/c1-29-20-12-11-18(17-21(20)30(23,27)28)7-5-6-10-22(26)25-15-13-24(14-16-25)19-8-3-2-4-9-19/h2-4,8-9,11-12,17,22,26H,5-7,10,13-16H2,1H3,(H2,23,27,28). The number of anilines is 1. The molecule has 30 heavy (non-hydrogen) atoms. The van der Waals surface area contributed by atoms with E-state index in [4.69, 9.17) is 9.88 Å². The highest BCUT2D eigenvalue weighted by Gasteiger charge is 2.22. The molecule has 1 saturated heterocycles. The number of benzene rings is 2. The fourth-order valence-corrected chi connectivity index (χ4v) is 4.60. The van der Waals surface area contributed by atoms with Crippen molar-refractivity contribution >= 4 is 15.7 Å². The Morgan fingerprint density at radius 1 is 1.07 bits per heavy atom. The van der Waals surface area contributed by atoms with Crippen LogP contribution in [-0.2, 0) is 16.4 Å². The molecule has 1 aliphatic heterocycles. The molecule has 1 fully saturated rings. The maximum Gasteiger partial charge on any atom is 0.241 e. The topological polar surface area (TPSA) is 96.1 Å². The summed E-state index contributed by atoms with van der Waals surface area (Å²) in [5.41, 5.74) is 2.12. The number of para-hydroxylation sites is 1. The number of nitrogens with zero attached hydrogens (tertiary/aromatic N) is 2. The first kappa shape index (κ1) is 22.6. The highest BCUT2D eigenvalue weighted by Crippen LogP contribution is 2.25. The van der Waals surface area contributed by atoms with Crippen molar-refractivity contribution in [1.29, 1.82) is 0 Å². The van der Waals surface area contributed by atoms with Crippen LogP contribution >= 0.6 is 0 Å². The minimum absolute atomic E-state index is 0.0128. The molecule has 0 aromatic heterocycles. The summed E-state index contributed by atoms with van der Waals surface area (Å²) in [6.45, 7) is 3.49. The number of aryl methyl sites for hydroxylation is 1. The first-order valence-electron chi connectivity index (χ1n) is 10.3. The van der Waals surface area contributed by atoms with E-state index in [1.54, 1.807) is 12.1 Å². The van der Waals surface area contributed by atoms with E-state index in [2.05, 4.69) is 21.9 Å². The SMILES string of the molecule is COc1ccc(CCCCC(O)N2CCN(c3ccccc3)CC2)cc1S(N)(=O)=O. The lowest BCUT2D eigenvalue weighted by Crippen LogP contribution is -2.50. The summed E-state index contributed by atoms with van der Waals surface area (Å²) in [5, 5.41) is 15.8. The van der Waals surface area contributed by atoms with Crippen LogP contribution in [-0.4, -0.2) is 57.9 Å². The Kier molecular flexibility index (Phi) is 7.71. The number of piperazine rings is 1. The van der Waals surface area contributed by atoms with E-state index < -0.39 is 16.3 Å². The summed E-state index contributed by atoms with van der Waals surface area (Å²) in [6, 6.07) is 15.4. The molecule has 7 nitrogen and oxygen atoms in total. The van der Waals surface area contributed by atoms with Crippen molar-refractivity contribution in [3.8, 4) is 5.75 Å². The number of ether oxygens (including phenoxy) is 1. The van der Waals surface area contributed by atoms with Gasteiger partial charge in [-0.05, 0) is 55.5 Å². The predicted octanol–water partition coefficient (Wildman–Crippen LogP) is 2.20. The molecule has 0 spiro atoms. The number of hydrogen-bond donors (Lipinski definition) is 2. The minimum atomic E-state index is -3.83. The molecule has 2 aromatic carbocycles. The Bertz CT molecular complexity index is 913. The fraction of sp³-hybridized carbons (Fsp3) is 0.455. The van der Waals surface area contributed by atoms with E-state index in [1.807, 2.05) is 24.3 Å². The van der Waals surface area contributed by atoms with Crippen molar-refractivity contribution in [3.05, 3.63) is 54.1 Å². The number of primary sulfonamides is 1. The summed E-state index contributed by atoms with van der Waals surface area (Å²) in [7, 11) is -2.41. The monoisotopic (exact) mass is 433 g/mol. The zero-order chi connectivity index (χ0) is 21.6. The van der Waals surface area contributed by atoms with Gasteiger partial charge in [-0.2, -0.15) is 0 Å². The summed E-state index contributed by atoms with van der Waals surface area (Å²) in [4.78, 5) is 4.49. The molecule has 0 radical (unpaired) electrons. The fourth-order valence-electron chi connectivity index (χ4n) is 3.85. The van der Waals surface area contributed by atoms with Crippen LogP contribution in [0.3, 0.4) is 0 Å². The van der Waals surface area contributed by atoms with E-state index in [0.29, 0.717) is 6.42 Å². The highest BCUT2D eigenvalue weighted by molar-refractivity contribution is 7.89. The van der Waals surface area contributed by atoms with Crippen LogP contribution in [0.15, 0.2) is 53.4 Å². The molecule has 1 unspecified atom stereocenters. The summed E-state index contributed by atoms with van der Waals surface area (Å²) < 4.78 is 28.5. The van der Waals surface area contributed by atoms with Gasteiger partial charge in [0, 0.05) is 31.9 Å². The smallest absolute Gasteiger partial charge is 0.241 e. The van der Waals surface area contributed by atoms with Gasteiger partial charge in [-0.3, -0.25) is 4.90 Å². The van der Waals surface area contributed by atoms with Crippen LogP contribution in [0.25, 0.3) is 0 Å². The molecular formula is C22H31N3O4S. The number of unbranched alkanes of at least 4 members (excludes halogenated alkanes) is 1. The van der Waals surface area contributed by atoms with Gasteiger partial charge in [0.25, 0.3) is 0 Å². The molecular weight excluding hydrogens is 402 g/mol. The van der Waals surface area contributed by atoms with Crippen molar-refractivity contribution in [2.75, 3.05) is 38.2 Å². The van der Waals surface area contributed by atoms with Gasteiger partial charge in [-0.1, -0.05) is 24.3 Å². The first-order valence-corrected chi connectivity index (χ1v) is 11.8. The van der Waals surface area contributed by atoms with Gasteiger partial charge < -0.3 is 14.7 Å². The molecule has 0 aliphatic carbocycles. The minimum Gasteiger partial charge on any atom is -0.495 e. The number of aliphatic hydroxyl groups excluding tert-OH is 1. The van der Waals surface area contributed by atoms with E-state index in [9.17, 15) is 13.5 Å². The van der Waals surface area contributed by atoms with E-state index in [-0.39, 0.29) is 10.6 Å². The second-order valence-corrected chi connectivity index (χ2v) is 9.15. The molecule has 8 heteroatoms. The van der Waals surface area contributed by atoms with Crippen LogP contribution < -0.4 is 14.8 Å². The van der Waals surface area contributed by atoms with Gasteiger partial charge >= 0.3 is 0 Å². The van der Waals surface area contributed by atoms with Gasteiger partial charge in [0.2, 0.25) is 10.0 Å². The van der Waals surface area contributed by atoms with Crippen LogP contribution in [0.2, 0.25) is 0 Å². The van der Waals surface area contributed by atoms with Crippen LogP contribution in [0.4, 0.5) is 5.69 Å². The maximum atomic E-state index is 11.7. The lowest BCUT2D eigenvalue weighted by atomic mass is 10.1. The van der Waals surface area contributed by atoms with E-state index in [1.165, 1.54) is 12.8 Å². The molecule has 0 saturated carbocycles. The van der Waals surface area contributed by atoms with Gasteiger partial charge in [0.1, 0.15) is 16.9 Å². The Balaban J connectivity index is 1.43. The zero-order valence-electron chi connectivity index (χ0n) is 17.4. The normalized spacial score (nSPS) is 16.4. The third-order valence-electron chi connectivity index (χ3n) is 5.57. The van der Waals surface area contributed by atoms with Crippen molar-refractivity contribution in [2.24, 2.45) is 5.14 Å². The number of aliphatic hydroxyl groups is 1. The number of sulfonamides is 1. The number of nitrogens with two attached hydrogens (primary N) is 1. The quantitative estimate of drug-likeness (QED) is 0.589. The molecule has 0 amide bonds. The largest absolute Gasteiger partial charge is 0.495 e. The highest BCUT2D eigenvalue weighted by atomic mass is 32.2. The van der Waals surface area contributed by atoms with Crippen molar-refractivity contribution in [2.45, 2.75) is 36.8 Å². The molecule has 3 rings (SSSR count). The molecule has 164 valence electrons. The maximum absolute atomic E-state index is 11.7. The summed E-state index contributed by atoms with van der Waals surface area (Å²) >= 11 is 0. The molecule has 1 atom stereocenters. The number of rotatable bonds is 9. The predicted molar refractivity (Wildman–Crippen MR) is 118 cm³/mol. The Hall–Kier alpha value is -2.13. The second kappa shape index (κ2) is 10.3. The first-order chi connectivity index (χ1) is 14.4. The van der Waals surface area contributed by atoms with Crippen LogP contribution in [0.5, 0.6) is 5.75 Å². The van der Waals surface area contributed by atoms with E-state index >= 15 is 0 Å². The molecule has 1 heterocycles. The lowest BCUT2D eigenvalue weighted by Gasteiger charge is -2.38. The Labute approximate surface area is 179 Å².